The Balaban J connectivity index is 0.000000255. The molecule has 22 nitrogen and oxygen atoms in total. The molecule has 2 aromatic carbocycles. The summed E-state index contributed by atoms with van der Waals surface area (Å²) in [5, 5.41) is 8.64. The molecule has 6 aromatic heterocycles. The van der Waals surface area contributed by atoms with E-state index in [9.17, 15) is 9.59 Å². The fourth-order valence-corrected chi connectivity index (χ4v) is 12.4. The Hall–Kier alpha value is -7.51. The molecule has 8 heterocycles. The van der Waals surface area contributed by atoms with Crippen LogP contribution in [0.2, 0.25) is 36.3 Å². The van der Waals surface area contributed by atoms with Crippen LogP contribution in [0.25, 0.3) is 44.8 Å². The normalized spacial score (nSPS) is 15.6. The molecule has 0 bridgehead atoms. The van der Waals surface area contributed by atoms with E-state index in [0.29, 0.717) is 115 Å². The number of rotatable bonds is 21. The van der Waals surface area contributed by atoms with Crippen LogP contribution in [-0.2, 0) is 39.1 Å². The first kappa shape index (κ1) is 71.9. The van der Waals surface area contributed by atoms with Crippen LogP contribution in [0.15, 0.2) is 90.7 Å². The Labute approximate surface area is 552 Å². The molecule has 8 aromatic rings. The molecule has 2 unspecified atom stereocenters. The second kappa shape index (κ2) is 29.6. The third-order valence-corrected chi connectivity index (χ3v) is 26.8. The van der Waals surface area contributed by atoms with Crippen molar-refractivity contribution in [1.82, 2.24) is 58.8 Å². The summed E-state index contributed by atoms with van der Waals surface area (Å²) in [7, 11) is 5.53. The minimum Gasteiger partial charge on any atom is -0.497 e. The van der Waals surface area contributed by atoms with Gasteiger partial charge in [0.25, 0.3) is 0 Å². The number of hydrogen-bond acceptors (Lipinski definition) is 17. The molecule has 2 saturated heterocycles. The summed E-state index contributed by atoms with van der Waals surface area (Å²) in [5.41, 5.74) is 5.78. The zero-order chi connectivity index (χ0) is 65.0. The topological polar surface area (TPSA) is 217 Å². The van der Waals surface area contributed by atoms with E-state index in [1.54, 1.807) is 57.2 Å². The summed E-state index contributed by atoms with van der Waals surface area (Å²) < 4.78 is 71.1. The first-order valence-electron chi connectivity index (χ1n) is 30.1. The molecule has 0 radical (unpaired) electrons. The molecular formula is C64H88F2N14O8S2Si2. The first-order valence-corrected chi connectivity index (χ1v) is 35.9. The highest BCUT2D eigenvalue weighted by Gasteiger charge is 2.40. The maximum absolute atomic E-state index is 16.0. The monoisotopic (exact) mass is 1340 g/mol. The van der Waals surface area contributed by atoms with Crippen molar-refractivity contribution >= 4 is 95.0 Å². The van der Waals surface area contributed by atoms with E-state index in [4.69, 9.17) is 47.7 Å². The van der Waals surface area contributed by atoms with Crippen LogP contribution in [0.4, 0.5) is 26.0 Å². The maximum atomic E-state index is 16.0. The molecule has 0 saturated carbocycles. The second-order valence-electron chi connectivity index (χ2n) is 25.7. The van der Waals surface area contributed by atoms with E-state index < -0.39 is 28.3 Å². The molecule has 2 atom stereocenters. The van der Waals surface area contributed by atoms with E-state index in [-0.39, 0.29) is 90.4 Å². The number of methoxy groups -OCH3 is 4. The van der Waals surface area contributed by atoms with Gasteiger partial charge in [-0.1, -0.05) is 41.5 Å². The van der Waals surface area contributed by atoms with Gasteiger partial charge in [0.15, 0.2) is 51.1 Å². The summed E-state index contributed by atoms with van der Waals surface area (Å²) >= 11 is 0. The Kier molecular flexibility index (Phi) is 23.2. The first-order chi connectivity index (χ1) is 42.6. The van der Waals surface area contributed by atoms with Crippen molar-refractivity contribution < 1.29 is 46.2 Å². The number of carbonyl (C=O) groups is 2. The van der Waals surface area contributed by atoms with E-state index in [1.807, 2.05) is 53.0 Å². The van der Waals surface area contributed by atoms with Gasteiger partial charge in [-0.05, 0) is 73.4 Å². The van der Waals surface area contributed by atoms with Crippen LogP contribution in [-0.4, -0.2) is 161 Å². The van der Waals surface area contributed by atoms with Crippen molar-refractivity contribution in [2.75, 3.05) is 66.2 Å². The smallest absolute Gasteiger partial charge is 0.223 e. The number of pyridine rings is 2. The van der Waals surface area contributed by atoms with Crippen molar-refractivity contribution in [2.24, 2.45) is 19.1 Å². The van der Waals surface area contributed by atoms with E-state index in [1.165, 1.54) is 46.6 Å². The molecule has 496 valence electrons. The van der Waals surface area contributed by atoms with Crippen LogP contribution in [0, 0.1) is 11.6 Å². The molecule has 2 aliphatic rings. The molecule has 2 amide bonds. The van der Waals surface area contributed by atoms with Gasteiger partial charge in [-0.25, -0.2) is 28.7 Å². The average molecular weight is 1340 g/mol. The third kappa shape index (κ3) is 16.1. The molecule has 0 aliphatic carbocycles. The molecule has 0 N–H and O–H groups in total. The predicted octanol–water partition coefficient (Wildman–Crippen LogP) is 11.2. The third-order valence-electron chi connectivity index (χ3n) is 17.7. The number of amides is 2. The fourth-order valence-electron chi connectivity index (χ4n) is 10.4. The summed E-state index contributed by atoms with van der Waals surface area (Å²) in [6.45, 7) is 24.5. The van der Waals surface area contributed by atoms with Crippen molar-refractivity contribution in [2.45, 2.75) is 122 Å². The van der Waals surface area contributed by atoms with Crippen LogP contribution in [0.3, 0.4) is 0 Å². The molecule has 2 aliphatic heterocycles. The summed E-state index contributed by atoms with van der Waals surface area (Å²) in [6.07, 6.45) is 12.7. The highest BCUT2D eigenvalue weighted by molar-refractivity contribution is 7.59. The number of carbonyl (C=O) groups excluding carboxylic acids is 2. The maximum Gasteiger partial charge on any atom is 0.223 e. The van der Waals surface area contributed by atoms with E-state index in [0.717, 1.165) is 11.1 Å². The second-order valence-corrected chi connectivity index (χ2v) is 35.3. The molecule has 0 spiro atoms. The lowest BCUT2D eigenvalue weighted by atomic mass is 10.1. The molecule has 92 heavy (non-hydrogen) atoms. The number of halogens is 2. The Bertz CT molecular complexity index is 3990. The lowest BCUT2D eigenvalue weighted by molar-refractivity contribution is -0.130. The van der Waals surface area contributed by atoms with Crippen molar-refractivity contribution in [1.29, 1.82) is 0 Å². The van der Waals surface area contributed by atoms with Gasteiger partial charge < -0.3 is 47.1 Å². The highest BCUT2D eigenvalue weighted by Crippen LogP contribution is 2.41. The summed E-state index contributed by atoms with van der Waals surface area (Å²) in [4.78, 5) is 60.3. The lowest BCUT2D eigenvalue weighted by Crippen LogP contribution is -2.46. The highest BCUT2D eigenvalue weighted by atomic mass is 32.1. The standard InChI is InChI=1S/2C32H42FN7O4Si.2H2S/c1-32(2,3)45(7,8)44-14-13-39-22(9-12-29(39)41)20-40(26-15-23(42-5)16-27(43-6)30(26)33)28-11-10-24-31(37-28)36-25(18-34-24)21-17-35-38(4)19-21;1-32(2,3)45(7,8)44-14-13-39-22(9-12-29(39)41)20-40-28(36-25-15-23(42-5)16-27(43-6)30(25)33)11-10-24-31(40)37-26(18-34-24)21-17-35-38(4)19-21;;/h2*10-11,15-19,22H,9,12-14,20H2,1-8H3;2*1H2. The molecule has 10 rings (SSSR count). The molecule has 2 fully saturated rings. The van der Waals surface area contributed by atoms with Crippen LogP contribution in [0.1, 0.15) is 67.2 Å². The van der Waals surface area contributed by atoms with Gasteiger partial charge in [0.2, 0.25) is 11.8 Å². The molecule has 28 heteroatoms. The zero-order valence-electron chi connectivity index (χ0n) is 55.6. The SMILES string of the molecule is COc1cc(N=c2ccc3ncc(-c4cnn(C)c4)nc3n2CC2CCC(=O)N2CCO[Si](C)(C)C(C)(C)C)c(F)c(OC)c1.COc1cc(OC)c(F)c(N(CC2CCC(=O)N2CCO[Si](C)(C)C(C)(C)C)c2ccc3ncc(-c4cnn(C)c4)nc3n2)c1.S.S. The fraction of sp³-hybridized carbons (Fsp3) is 0.469. The van der Waals surface area contributed by atoms with Gasteiger partial charge in [0.1, 0.15) is 39.5 Å². The number of ether oxygens (including phenoxy) is 4. The number of benzene rings is 2. The number of anilines is 2. The Morgan fingerprint density at radius 2 is 1.14 bits per heavy atom. The van der Waals surface area contributed by atoms with Gasteiger partial charge in [0, 0.05) is 101 Å². The number of nitrogens with zero attached hydrogens (tertiary/aromatic N) is 14. The predicted molar refractivity (Wildman–Crippen MR) is 367 cm³/mol. The molecular weight excluding hydrogens is 1250 g/mol. The largest absolute Gasteiger partial charge is 0.497 e. The van der Waals surface area contributed by atoms with Crippen molar-refractivity contribution in [3.63, 3.8) is 0 Å². The van der Waals surface area contributed by atoms with Crippen molar-refractivity contribution in [3.8, 4) is 45.5 Å². The minimum atomic E-state index is -1.99. The van der Waals surface area contributed by atoms with Gasteiger partial charge in [-0.2, -0.15) is 37.2 Å². The Morgan fingerprint density at radius 1 is 0.630 bits per heavy atom. The minimum absolute atomic E-state index is 0. The van der Waals surface area contributed by atoms with Crippen LogP contribution < -0.4 is 29.3 Å². The van der Waals surface area contributed by atoms with Gasteiger partial charge >= 0.3 is 0 Å². The number of fused-ring (bicyclic) bond motifs is 2. The van der Waals surface area contributed by atoms with Crippen LogP contribution >= 0.6 is 27.0 Å². The quantitative estimate of drug-likeness (QED) is 0.0611. The van der Waals surface area contributed by atoms with Crippen molar-refractivity contribution in [3.05, 3.63) is 103 Å². The lowest BCUT2D eigenvalue weighted by Gasteiger charge is -2.37. The summed E-state index contributed by atoms with van der Waals surface area (Å²) in [5.74, 6) is 0.315. The average Bonchev–Trinajstić information content (AvgIpc) is 1.21. The van der Waals surface area contributed by atoms with Gasteiger partial charge in [0.05, 0.1) is 95.6 Å². The summed E-state index contributed by atoms with van der Waals surface area (Å²) in [6, 6.07) is 13.0. The van der Waals surface area contributed by atoms with Gasteiger partial charge in [-0.3, -0.25) is 28.9 Å². The number of hydrogen-bond donors (Lipinski definition) is 0. The number of aromatic nitrogens is 10. The van der Waals surface area contributed by atoms with Gasteiger partial charge in [-0.15, -0.1) is 0 Å². The van der Waals surface area contributed by atoms with Crippen LogP contribution in [0.5, 0.6) is 23.0 Å². The Morgan fingerprint density at radius 3 is 1.67 bits per heavy atom. The van der Waals surface area contributed by atoms with E-state index >= 15 is 8.78 Å². The van der Waals surface area contributed by atoms with E-state index in [2.05, 4.69) is 87.9 Å². The number of aryl methyl sites for hydroxylation is 2. The number of likely N-dealkylation sites (tertiary alicyclic amines) is 2. The zero-order valence-corrected chi connectivity index (χ0v) is 59.6.